The summed E-state index contributed by atoms with van der Waals surface area (Å²) >= 11 is 0. The molecule has 1 aromatic carbocycles. The number of ether oxygens (including phenoxy) is 1. The number of rotatable bonds is 5. The summed E-state index contributed by atoms with van der Waals surface area (Å²) in [5.74, 6) is 1.32. The molecule has 4 nitrogen and oxygen atoms in total. The first-order chi connectivity index (χ1) is 8.52. The molecule has 0 aromatic heterocycles. The van der Waals surface area contributed by atoms with E-state index in [1.54, 1.807) is 7.11 Å². The van der Waals surface area contributed by atoms with Crippen molar-refractivity contribution < 1.29 is 4.74 Å². The van der Waals surface area contributed by atoms with E-state index >= 15 is 0 Å². The molecule has 19 heavy (non-hydrogen) atoms. The largest absolute Gasteiger partial charge is 0.496 e. The summed E-state index contributed by atoms with van der Waals surface area (Å²) in [6.07, 6.45) is 0. The zero-order valence-corrected chi connectivity index (χ0v) is 14.0. The van der Waals surface area contributed by atoms with Crippen molar-refractivity contribution in [3.8, 4) is 5.75 Å². The smallest absolute Gasteiger partial charge is 0.189 e. The molecule has 0 aliphatic rings. The molecular formula is C14H22IN3O. The normalized spacial score (nSPS) is 10.6. The van der Waals surface area contributed by atoms with Gasteiger partial charge in [0.15, 0.2) is 5.96 Å². The maximum atomic E-state index is 5.74. The Kier molecular flexibility index (Phi) is 8.22. The molecule has 0 radical (unpaired) electrons. The van der Waals surface area contributed by atoms with Crippen LogP contribution in [0, 0.1) is 6.92 Å². The van der Waals surface area contributed by atoms with E-state index in [0.717, 1.165) is 22.4 Å². The van der Waals surface area contributed by atoms with Crippen LogP contribution in [0.5, 0.6) is 5.75 Å². The van der Waals surface area contributed by atoms with Gasteiger partial charge in [-0.25, -0.2) is 4.99 Å². The average Bonchev–Trinajstić information content (AvgIpc) is 2.34. The highest BCUT2D eigenvalue weighted by Gasteiger charge is 1.99. The van der Waals surface area contributed by atoms with E-state index in [4.69, 9.17) is 10.5 Å². The molecule has 0 amide bonds. The van der Waals surface area contributed by atoms with Gasteiger partial charge in [-0.15, -0.1) is 24.0 Å². The molecule has 0 unspecified atom stereocenters. The Hall–Kier alpha value is -1.24. The number of benzene rings is 1. The first-order valence-electron chi connectivity index (χ1n) is 5.84. The van der Waals surface area contributed by atoms with Crippen LogP contribution in [0.1, 0.15) is 18.1 Å². The van der Waals surface area contributed by atoms with E-state index in [0.29, 0.717) is 19.0 Å². The molecule has 1 rings (SSSR count). The minimum atomic E-state index is 0. The number of methoxy groups -OCH3 is 1. The van der Waals surface area contributed by atoms with Gasteiger partial charge in [0.25, 0.3) is 0 Å². The third-order valence-electron chi connectivity index (χ3n) is 2.46. The first kappa shape index (κ1) is 17.8. The quantitative estimate of drug-likeness (QED) is 0.360. The number of hydrogen-bond donors (Lipinski definition) is 2. The number of nitrogens with two attached hydrogens (primary N) is 1. The Labute approximate surface area is 132 Å². The maximum absolute atomic E-state index is 5.74. The maximum Gasteiger partial charge on any atom is 0.189 e. The van der Waals surface area contributed by atoms with Gasteiger partial charge in [-0.1, -0.05) is 24.3 Å². The lowest BCUT2D eigenvalue weighted by Crippen LogP contribution is -2.32. The van der Waals surface area contributed by atoms with Crippen LogP contribution in [-0.4, -0.2) is 19.6 Å². The zero-order valence-electron chi connectivity index (χ0n) is 11.7. The second kappa shape index (κ2) is 8.79. The Morgan fingerprint density at radius 3 is 2.68 bits per heavy atom. The van der Waals surface area contributed by atoms with Crippen LogP contribution in [0.2, 0.25) is 0 Å². The van der Waals surface area contributed by atoms with Crippen LogP contribution in [0.15, 0.2) is 35.3 Å². The summed E-state index contributed by atoms with van der Waals surface area (Å²) in [7, 11) is 1.67. The Bertz CT molecular complexity index is 458. The molecule has 0 aliphatic carbocycles. The van der Waals surface area contributed by atoms with Gasteiger partial charge in [0, 0.05) is 6.54 Å². The number of nitrogens with one attached hydrogen (secondary N) is 1. The molecule has 0 saturated carbocycles. The third-order valence-corrected chi connectivity index (χ3v) is 2.46. The monoisotopic (exact) mass is 375 g/mol. The van der Waals surface area contributed by atoms with Crippen molar-refractivity contribution >= 4 is 29.9 Å². The van der Waals surface area contributed by atoms with Crippen LogP contribution in [0.3, 0.4) is 0 Å². The Morgan fingerprint density at radius 1 is 1.47 bits per heavy atom. The van der Waals surface area contributed by atoms with Crippen LogP contribution < -0.4 is 15.8 Å². The lowest BCUT2D eigenvalue weighted by atomic mass is 10.1. The van der Waals surface area contributed by atoms with Crippen LogP contribution in [0.25, 0.3) is 0 Å². The molecule has 106 valence electrons. The van der Waals surface area contributed by atoms with Crippen molar-refractivity contribution in [1.82, 2.24) is 5.32 Å². The fraction of sp³-hybridized carbons (Fsp3) is 0.357. The molecule has 0 bridgehead atoms. The van der Waals surface area contributed by atoms with Gasteiger partial charge in [0.1, 0.15) is 5.75 Å². The number of nitrogens with zero attached hydrogens (tertiary/aromatic N) is 1. The van der Waals surface area contributed by atoms with Crippen molar-refractivity contribution in [2.45, 2.75) is 20.4 Å². The number of halogens is 1. The number of guanidine groups is 1. The summed E-state index contributed by atoms with van der Waals surface area (Å²) in [4.78, 5) is 4.26. The molecule has 0 aliphatic heterocycles. The van der Waals surface area contributed by atoms with Gasteiger partial charge in [-0.05, 0) is 31.0 Å². The molecule has 0 heterocycles. The highest BCUT2D eigenvalue weighted by Crippen LogP contribution is 2.18. The topological polar surface area (TPSA) is 59.6 Å². The lowest BCUT2D eigenvalue weighted by molar-refractivity contribution is 0.411. The van der Waals surface area contributed by atoms with Crippen molar-refractivity contribution in [2.75, 3.05) is 13.7 Å². The molecule has 0 spiro atoms. The summed E-state index contributed by atoms with van der Waals surface area (Å²) < 4.78 is 5.21. The highest BCUT2D eigenvalue weighted by molar-refractivity contribution is 14.0. The molecule has 0 atom stereocenters. The molecule has 0 saturated heterocycles. The van der Waals surface area contributed by atoms with Gasteiger partial charge in [-0.3, -0.25) is 0 Å². The Morgan fingerprint density at radius 2 is 2.16 bits per heavy atom. The van der Waals surface area contributed by atoms with E-state index in [1.807, 2.05) is 32.0 Å². The predicted octanol–water partition coefficient (Wildman–Crippen LogP) is 2.60. The minimum absolute atomic E-state index is 0. The SMILES string of the molecule is C=C(C)CNC(N)=NCc1ccc(OC)c(C)c1.I. The van der Waals surface area contributed by atoms with E-state index in [2.05, 4.69) is 16.9 Å². The Balaban J connectivity index is 0.00000324. The van der Waals surface area contributed by atoms with Crippen LogP contribution in [-0.2, 0) is 6.54 Å². The van der Waals surface area contributed by atoms with Gasteiger partial charge >= 0.3 is 0 Å². The van der Waals surface area contributed by atoms with Crippen molar-refractivity contribution in [3.05, 3.63) is 41.5 Å². The lowest BCUT2D eigenvalue weighted by Gasteiger charge is -2.07. The van der Waals surface area contributed by atoms with E-state index in [9.17, 15) is 0 Å². The second-order valence-corrected chi connectivity index (χ2v) is 4.32. The zero-order chi connectivity index (χ0) is 13.5. The van der Waals surface area contributed by atoms with E-state index < -0.39 is 0 Å². The minimum Gasteiger partial charge on any atom is -0.496 e. The van der Waals surface area contributed by atoms with Crippen molar-refractivity contribution in [3.63, 3.8) is 0 Å². The summed E-state index contributed by atoms with van der Waals surface area (Å²) in [6.45, 7) is 8.94. The van der Waals surface area contributed by atoms with Crippen LogP contribution >= 0.6 is 24.0 Å². The number of aryl methyl sites for hydroxylation is 1. The average molecular weight is 375 g/mol. The highest BCUT2D eigenvalue weighted by atomic mass is 127. The molecule has 5 heteroatoms. The standard InChI is InChI=1S/C14H21N3O.HI/c1-10(2)8-16-14(15)17-9-12-5-6-13(18-4)11(3)7-12;/h5-7H,1,8-9H2,2-4H3,(H3,15,16,17);1H. The van der Waals surface area contributed by atoms with Gasteiger partial charge in [-0.2, -0.15) is 0 Å². The molecule has 1 aromatic rings. The molecule has 3 N–H and O–H groups in total. The first-order valence-corrected chi connectivity index (χ1v) is 5.84. The van der Waals surface area contributed by atoms with Crippen molar-refractivity contribution in [2.24, 2.45) is 10.7 Å². The number of hydrogen-bond acceptors (Lipinski definition) is 2. The molecule has 0 fully saturated rings. The van der Waals surface area contributed by atoms with Crippen molar-refractivity contribution in [1.29, 1.82) is 0 Å². The fourth-order valence-electron chi connectivity index (χ4n) is 1.51. The van der Waals surface area contributed by atoms with Gasteiger partial charge in [0.05, 0.1) is 13.7 Å². The van der Waals surface area contributed by atoms with Gasteiger partial charge in [0.2, 0.25) is 0 Å². The van der Waals surface area contributed by atoms with Gasteiger partial charge < -0.3 is 15.8 Å². The van der Waals surface area contributed by atoms with E-state index in [-0.39, 0.29) is 24.0 Å². The molecular weight excluding hydrogens is 353 g/mol. The predicted molar refractivity (Wildman–Crippen MR) is 91.3 cm³/mol. The number of aliphatic imine (C=N–C) groups is 1. The summed E-state index contributed by atoms with van der Waals surface area (Å²) in [6, 6.07) is 5.98. The van der Waals surface area contributed by atoms with E-state index in [1.165, 1.54) is 0 Å². The summed E-state index contributed by atoms with van der Waals surface area (Å²) in [5.41, 5.74) is 8.96. The summed E-state index contributed by atoms with van der Waals surface area (Å²) in [5, 5.41) is 2.99. The van der Waals surface area contributed by atoms with Crippen LogP contribution in [0.4, 0.5) is 0 Å². The second-order valence-electron chi connectivity index (χ2n) is 4.32. The third kappa shape index (κ3) is 6.47. The fourth-order valence-corrected chi connectivity index (χ4v) is 1.51.